The first-order chi connectivity index (χ1) is 9.36. The third kappa shape index (κ3) is 9.78. The molecule has 20 heavy (non-hydrogen) atoms. The van der Waals surface area contributed by atoms with E-state index in [1.807, 2.05) is 0 Å². The van der Waals surface area contributed by atoms with Gasteiger partial charge in [0.15, 0.2) is 18.9 Å². The van der Waals surface area contributed by atoms with Crippen LogP contribution in [0.4, 0.5) is 0 Å². The van der Waals surface area contributed by atoms with Crippen molar-refractivity contribution in [3.63, 3.8) is 0 Å². The van der Waals surface area contributed by atoms with Crippen molar-refractivity contribution in [3.8, 4) is 0 Å². The molecule has 0 radical (unpaired) electrons. The number of nitrogens with zero attached hydrogens (tertiary/aromatic N) is 1. The Labute approximate surface area is 140 Å². The molecule has 0 atom stereocenters. The summed E-state index contributed by atoms with van der Waals surface area (Å²) in [6, 6.07) is 4.48. The molecular weight excluding hydrogens is 332 g/mol. The maximum atomic E-state index is 5.48. The van der Waals surface area contributed by atoms with Gasteiger partial charge in [-0.25, -0.2) is 4.57 Å². The fourth-order valence-electron chi connectivity index (χ4n) is 2.28. The van der Waals surface area contributed by atoms with Crippen LogP contribution in [0.3, 0.4) is 0 Å². The molecular formula is C16H29BrN2S. The highest BCUT2D eigenvalue weighted by Gasteiger charge is 1.99. The number of nitrogens with two attached hydrogens (primary N) is 1. The smallest absolute Gasteiger partial charge is 0.169 e. The summed E-state index contributed by atoms with van der Waals surface area (Å²) in [6.07, 6.45) is 14.8. The van der Waals surface area contributed by atoms with Gasteiger partial charge in [0.05, 0.1) is 0 Å². The summed E-state index contributed by atoms with van der Waals surface area (Å²) in [7, 11) is 0. The number of hydrogen-bond donors (Lipinski definition) is 2. The van der Waals surface area contributed by atoms with Gasteiger partial charge in [-0.1, -0.05) is 32.1 Å². The Hall–Kier alpha value is -0.0600. The largest absolute Gasteiger partial charge is 1.00 e. The first-order valence-electron chi connectivity index (χ1n) is 7.65. The Morgan fingerprint density at radius 1 is 0.900 bits per heavy atom. The fourth-order valence-corrected chi connectivity index (χ4v) is 2.51. The maximum absolute atomic E-state index is 5.48. The molecule has 1 aromatic rings. The number of pyridine rings is 1. The third-order valence-corrected chi connectivity index (χ3v) is 3.69. The molecule has 1 rings (SSSR count). The lowest BCUT2D eigenvalue weighted by atomic mass is 10.1. The van der Waals surface area contributed by atoms with Crippen molar-refractivity contribution in [1.29, 1.82) is 0 Å². The van der Waals surface area contributed by atoms with Gasteiger partial charge in [-0.05, 0) is 31.4 Å². The van der Waals surface area contributed by atoms with Crippen LogP contribution in [0.2, 0.25) is 0 Å². The zero-order valence-corrected chi connectivity index (χ0v) is 14.9. The highest BCUT2D eigenvalue weighted by Crippen LogP contribution is 2.09. The van der Waals surface area contributed by atoms with Gasteiger partial charge in [0.25, 0.3) is 0 Å². The number of halogens is 1. The molecule has 2 N–H and O–H groups in total. The van der Waals surface area contributed by atoms with Gasteiger partial charge in [-0.2, -0.15) is 12.6 Å². The molecule has 0 saturated heterocycles. The maximum Gasteiger partial charge on any atom is 0.169 e. The van der Waals surface area contributed by atoms with Crippen molar-refractivity contribution in [1.82, 2.24) is 0 Å². The van der Waals surface area contributed by atoms with E-state index in [0.717, 1.165) is 18.8 Å². The van der Waals surface area contributed by atoms with Crippen molar-refractivity contribution in [2.75, 3.05) is 12.3 Å². The quantitative estimate of drug-likeness (QED) is 0.328. The van der Waals surface area contributed by atoms with E-state index in [1.54, 1.807) is 0 Å². The van der Waals surface area contributed by atoms with E-state index in [9.17, 15) is 0 Å². The summed E-state index contributed by atoms with van der Waals surface area (Å²) in [5.41, 5.74) is 6.94. The standard InChI is InChI=1S/C16H28N2S.BrH/c17-11-7-5-3-1-2-4-6-8-16-9-12-18(13-10-16)14-15-19;/h9-10,12-13H,1-8,11,14-15,17H2;1H. The number of rotatable bonds is 11. The van der Waals surface area contributed by atoms with Crippen LogP contribution in [0.1, 0.15) is 50.5 Å². The predicted octanol–water partition coefficient (Wildman–Crippen LogP) is 0.140. The number of aryl methyl sites for hydroxylation is 2. The van der Waals surface area contributed by atoms with E-state index in [0.29, 0.717) is 0 Å². The van der Waals surface area contributed by atoms with Crippen LogP contribution in [0, 0.1) is 0 Å². The van der Waals surface area contributed by atoms with Gasteiger partial charge in [0.1, 0.15) is 0 Å². The van der Waals surface area contributed by atoms with Crippen LogP contribution in [-0.2, 0) is 13.0 Å². The van der Waals surface area contributed by atoms with Crippen LogP contribution in [0.5, 0.6) is 0 Å². The predicted molar refractivity (Wildman–Crippen MR) is 85.6 cm³/mol. The molecule has 1 heterocycles. The van der Waals surface area contributed by atoms with Crippen LogP contribution in [-0.4, -0.2) is 12.3 Å². The number of hydrogen-bond acceptors (Lipinski definition) is 2. The average Bonchev–Trinajstić information content (AvgIpc) is 2.44. The SMILES string of the molecule is NCCCCCCCCCc1cc[n+](CCS)cc1.[Br-]. The number of thiol groups is 1. The van der Waals surface area contributed by atoms with E-state index in [1.165, 1.54) is 56.9 Å². The molecule has 0 saturated carbocycles. The van der Waals surface area contributed by atoms with Gasteiger partial charge in [-0.3, -0.25) is 0 Å². The molecule has 0 fully saturated rings. The van der Waals surface area contributed by atoms with Crippen molar-refractivity contribution in [2.24, 2.45) is 5.73 Å². The lowest BCUT2D eigenvalue weighted by Gasteiger charge is -2.02. The Morgan fingerprint density at radius 3 is 2.00 bits per heavy atom. The second-order valence-electron chi connectivity index (χ2n) is 5.18. The van der Waals surface area contributed by atoms with Crippen LogP contribution >= 0.6 is 12.6 Å². The molecule has 4 heteroatoms. The number of unbranched alkanes of at least 4 members (excludes halogenated alkanes) is 6. The van der Waals surface area contributed by atoms with Crippen molar-refractivity contribution in [3.05, 3.63) is 30.1 Å². The summed E-state index contributed by atoms with van der Waals surface area (Å²) < 4.78 is 2.19. The molecule has 0 aromatic carbocycles. The first-order valence-corrected chi connectivity index (χ1v) is 8.29. The molecule has 0 spiro atoms. The lowest BCUT2D eigenvalue weighted by Crippen LogP contribution is -3.00. The van der Waals surface area contributed by atoms with Crippen molar-refractivity contribution in [2.45, 2.75) is 57.9 Å². The Balaban J connectivity index is 0.00000361. The molecule has 116 valence electrons. The molecule has 0 bridgehead atoms. The van der Waals surface area contributed by atoms with Crippen molar-refractivity contribution >= 4 is 12.6 Å². The van der Waals surface area contributed by atoms with Gasteiger partial charge in [0.2, 0.25) is 0 Å². The van der Waals surface area contributed by atoms with Gasteiger partial charge < -0.3 is 22.7 Å². The lowest BCUT2D eigenvalue weighted by molar-refractivity contribution is -0.692. The molecule has 0 amide bonds. The summed E-state index contributed by atoms with van der Waals surface area (Å²) in [5, 5.41) is 0. The van der Waals surface area contributed by atoms with E-state index in [-0.39, 0.29) is 17.0 Å². The monoisotopic (exact) mass is 360 g/mol. The van der Waals surface area contributed by atoms with E-state index in [4.69, 9.17) is 5.73 Å². The topological polar surface area (TPSA) is 29.9 Å². The summed E-state index contributed by atoms with van der Waals surface area (Å²) in [5.74, 6) is 0.897. The van der Waals surface area contributed by atoms with Crippen LogP contribution < -0.4 is 27.3 Å². The van der Waals surface area contributed by atoms with Gasteiger partial charge in [0, 0.05) is 17.9 Å². The second-order valence-corrected chi connectivity index (χ2v) is 5.63. The fraction of sp³-hybridized carbons (Fsp3) is 0.688. The minimum atomic E-state index is 0. The zero-order chi connectivity index (χ0) is 13.8. The van der Waals surface area contributed by atoms with Gasteiger partial charge >= 0.3 is 0 Å². The zero-order valence-electron chi connectivity index (χ0n) is 12.4. The Morgan fingerprint density at radius 2 is 1.45 bits per heavy atom. The van der Waals surface area contributed by atoms with Crippen LogP contribution in [0.15, 0.2) is 24.5 Å². The average molecular weight is 361 g/mol. The first kappa shape index (κ1) is 19.9. The highest BCUT2D eigenvalue weighted by molar-refractivity contribution is 7.80. The summed E-state index contributed by atoms with van der Waals surface area (Å²) >= 11 is 4.24. The summed E-state index contributed by atoms with van der Waals surface area (Å²) in [4.78, 5) is 0. The molecule has 2 nitrogen and oxygen atoms in total. The third-order valence-electron chi connectivity index (χ3n) is 3.49. The van der Waals surface area contributed by atoms with E-state index in [2.05, 4.69) is 41.7 Å². The van der Waals surface area contributed by atoms with Crippen LogP contribution in [0.25, 0.3) is 0 Å². The normalized spacial score (nSPS) is 10.3. The Kier molecular flexibility index (Phi) is 13.9. The minimum Gasteiger partial charge on any atom is -1.00 e. The second kappa shape index (κ2) is 13.9. The Bertz CT molecular complexity index is 317. The van der Waals surface area contributed by atoms with E-state index < -0.39 is 0 Å². The van der Waals surface area contributed by atoms with Crippen molar-refractivity contribution < 1.29 is 21.5 Å². The molecule has 0 aliphatic heterocycles. The minimum absolute atomic E-state index is 0. The molecule has 0 aliphatic rings. The molecule has 0 aliphatic carbocycles. The molecule has 0 unspecified atom stereocenters. The van der Waals surface area contributed by atoms with Gasteiger partial charge in [-0.15, -0.1) is 0 Å². The highest BCUT2D eigenvalue weighted by atomic mass is 79.9. The van der Waals surface area contributed by atoms with E-state index >= 15 is 0 Å². The summed E-state index contributed by atoms with van der Waals surface area (Å²) in [6.45, 7) is 1.84. The number of aromatic nitrogens is 1. The molecule has 1 aromatic heterocycles.